The average Bonchev–Trinajstić information content (AvgIpc) is 3.21. The van der Waals surface area contributed by atoms with Crippen LogP contribution in [0, 0.1) is 6.92 Å². The highest BCUT2D eigenvalue weighted by Gasteiger charge is 2.35. The minimum Gasteiger partial charge on any atom is -0.345 e. The van der Waals surface area contributed by atoms with Crippen LogP contribution >= 0.6 is 12.2 Å². The standard InChI is InChI=1S/C21H22F3N7S/c1-14-3-5-16(6-4-14)26-20(32)31-9-7-30(8-10-31)19-27-17(15-12-25-29(2)13-15)11-18(28-19)21(22,23)24/h3-6,11-13H,7-10H2,1-2H3,(H,26,32). The first-order chi connectivity index (χ1) is 15.2. The van der Waals surface area contributed by atoms with Crippen LogP contribution in [-0.4, -0.2) is 55.9 Å². The summed E-state index contributed by atoms with van der Waals surface area (Å²) in [5.41, 5.74) is 1.77. The van der Waals surface area contributed by atoms with Crippen LogP contribution in [0.25, 0.3) is 11.3 Å². The molecule has 3 aromatic rings. The fourth-order valence-corrected chi connectivity index (χ4v) is 3.67. The highest BCUT2D eigenvalue weighted by Crippen LogP contribution is 2.32. The molecule has 7 nitrogen and oxygen atoms in total. The molecular formula is C21H22F3N7S. The lowest BCUT2D eigenvalue weighted by atomic mass is 10.2. The summed E-state index contributed by atoms with van der Waals surface area (Å²) >= 11 is 5.51. The Hall–Kier alpha value is -3.21. The van der Waals surface area contributed by atoms with Crippen molar-refractivity contribution in [1.82, 2.24) is 24.6 Å². The Morgan fingerprint density at radius 3 is 2.34 bits per heavy atom. The van der Waals surface area contributed by atoms with Gasteiger partial charge < -0.3 is 15.1 Å². The first-order valence-electron chi connectivity index (χ1n) is 10.0. The smallest absolute Gasteiger partial charge is 0.345 e. The molecule has 0 spiro atoms. The van der Waals surface area contributed by atoms with Gasteiger partial charge in [-0.3, -0.25) is 4.68 Å². The third-order valence-corrected chi connectivity index (χ3v) is 5.52. The Bertz CT molecular complexity index is 1100. The summed E-state index contributed by atoms with van der Waals surface area (Å²) in [6.07, 6.45) is -1.46. The zero-order valence-corrected chi connectivity index (χ0v) is 18.4. The predicted octanol–water partition coefficient (Wildman–Crippen LogP) is 3.72. The molecule has 0 aliphatic carbocycles. The Labute approximate surface area is 188 Å². The monoisotopic (exact) mass is 461 g/mol. The number of benzene rings is 1. The van der Waals surface area contributed by atoms with Crippen molar-refractivity contribution in [2.75, 3.05) is 36.4 Å². The van der Waals surface area contributed by atoms with Crippen molar-refractivity contribution >= 4 is 29.0 Å². The molecule has 1 aliphatic heterocycles. The van der Waals surface area contributed by atoms with E-state index in [0.717, 1.165) is 17.3 Å². The average molecular weight is 462 g/mol. The molecule has 0 saturated carbocycles. The number of nitrogens with one attached hydrogen (secondary N) is 1. The fraction of sp³-hybridized carbons (Fsp3) is 0.333. The van der Waals surface area contributed by atoms with Crippen LogP contribution in [0.1, 0.15) is 11.3 Å². The SMILES string of the molecule is Cc1ccc(NC(=S)N2CCN(c3nc(-c4cnn(C)c4)cc(C(F)(F)F)n3)CC2)cc1. The molecule has 168 valence electrons. The van der Waals surface area contributed by atoms with E-state index in [-0.39, 0.29) is 11.6 Å². The van der Waals surface area contributed by atoms with E-state index < -0.39 is 11.9 Å². The number of thiocarbonyl (C=S) groups is 1. The van der Waals surface area contributed by atoms with Gasteiger partial charge in [0.15, 0.2) is 10.8 Å². The maximum atomic E-state index is 13.5. The molecule has 1 saturated heterocycles. The van der Waals surface area contributed by atoms with Crippen molar-refractivity contribution in [2.45, 2.75) is 13.1 Å². The minimum absolute atomic E-state index is 0.0516. The van der Waals surface area contributed by atoms with Gasteiger partial charge in [-0.05, 0) is 37.3 Å². The number of rotatable bonds is 3. The maximum absolute atomic E-state index is 13.5. The molecule has 1 aromatic carbocycles. The van der Waals surface area contributed by atoms with Gasteiger partial charge in [-0.2, -0.15) is 18.3 Å². The van der Waals surface area contributed by atoms with Gasteiger partial charge in [-0.25, -0.2) is 9.97 Å². The third-order valence-electron chi connectivity index (χ3n) is 5.16. The maximum Gasteiger partial charge on any atom is 0.433 e. The molecule has 32 heavy (non-hydrogen) atoms. The van der Waals surface area contributed by atoms with Crippen LogP contribution in [0.2, 0.25) is 0 Å². The normalized spacial score (nSPS) is 14.5. The molecule has 0 unspecified atom stereocenters. The predicted molar refractivity (Wildman–Crippen MR) is 120 cm³/mol. The van der Waals surface area contributed by atoms with Crippen molar-refractivity contribution in [3.63, 3.8) is 0 Å². The van der Waals surface area contributed by atoms with Crippen molar-refractivity contribution in [3.05, 3.63) is 54.0 Å². The summed E-state index contributed by atoms with van der Waals surface area (Å²) in [6, 6.07) is 8.85. The van der Waals surface area contributed by atoms with Crippen molar-refractivity contribution in [1.29, 1.82) is 0 Å². The second kappa shape index (κ2) is 8.73. The molecule has 2 aromatic heterocycles. The summed E-state index contributed by atoms with van der Waals surface area (Å²) in [5, 5.41) is 7.81. The van der Waals surface area contributed by atoms with Gasteiger partial charge >= 0.3 is 6.18 Å². The second-order valence-electron chi connectivity index (χ2n) is 7.61. The van der Waals surface area contributed by atoms with Crippen LogP contribution in [0.3, 0.4) is 0 Å². The number of piperazine rings is 1. The number of halogens is 3. The lowest BCUT2D eigenvalue weighted by molar-refractivity contribution is -0.141. The summed E-state index contributed by atoms with van der Waals surface area (Å²) in [4.78, 5) is 11.9. The van der Waals surface area contributed by atoms with Crippen molar-refractivity contribution in [2.24, 2.45) is 7.05 Å². The van der Waals surface area contributed by atoms with E-state index >= 15 is 0 Å². The topological polar surface area (TPSA) is 62.1 Å². The van der Waals surface area contributed by atoms with E-state index in [0.29, 0.717) is 36.9 Å². The van der Waals surface area contributed by atoms with Crippen LogP contribution in [0.5, 0.6) is 0 Å². The summed E-state index contributed by atoms with van der Waals surface area (Å²) in [5.74, 6) is 0.0516. The molecule has 0 radical (unpaired) electrons. The molecule has 1 N–H and O–H groups in total. The summed E-state index contributed by atoms with van der Waals surface area (Å²) in [7, 11) is 1.70. The number of hydrogen-bond acceptors (Lipinski definition) is 5. The van der Waals surface area contributed by atoms with Gasteiger partial charge in [0.2, 0.25) is 5.95 Å². The van der Waals surface area contributed by atoms with Gasteiger partial charge in [0.05, 0.1) is 11.9 Å². The zero-order valence-electron chi connectivity index (χ0n) is 17.6. The van der Waals surface area contributed by atoms with Crippen LogP contribution in [-0.2, 0) is 13.2 Å². The molecule has 0 atom stereocenters. The molecule has 11 heteroatoms. The van der Waals surface area contributed by atoms with Crippen molar-refractivity contribution < 1.29 is 13.2 Å². The highest BCUT2D eigenvalue weighted by molar-refractivity contribution is 7.80. The van der Waals surface area contributed by atoms with Crippen molar-refractivity contribution in [3.8, 4) is 11.3 Å². The lowest BCUT2D eigenvalue weighted by Gasteiger charge is -2.36. The number of nitrogens with zero attached hydrogens (tertiary/aromatic N) is 6. The van der Waals surface area contributed by atoms with Gasteiger partial charge in [-0.15, -0.1) is 0 Å². The minimum atomic E-state index is -4.57. The zero-order chi connectivity index (χ0) is 22.9. The fourth-order valence-electron chi connectivity index (χ4n) is 3.37. The summed E-state index contributed by atoms with van der Waals surface area (Å²) < 4.78 is 41.9. The Morgan fingerprint density at radius 1 is 1.06 bits per heavy atom. The van der Waals surface area contributed by atoms with Crippen LogP contribution < -0.4 is 10.2 Å². The molecule has 1 fully saturated rings. The van der Waals surface area contributed by atoms with E-state index in [1.54, 1.807) is 18.1 Å². The molecule has 3 heterocycles. The van der Waals surface area contributed by atoms with Crippen LogP contribution in [0.15, 0.2) is 42.7 Å². The van der Waals surface area contributed by atoms with Gasteiger partial charge in [0, 0.05) is 50.7 Å². The van der Waals surface area contributed by atoms with E-state index in [1.165, 1.54) is 10.9 Å². The largest absolute Gasteiger partial charge is 0.433 e. The Balaban J connectivity index is 1.48. The van der Waals surface area contributed by atoms with Gasteiger partial charge in [0.25, 0.3) is 0 Å². The molecular weight excluding hydrogens is 439 g/mol. The third kappa shape index (κ3) is 4.98. The highest BCUT2D eigenvalue weighted by atomic mass is 32.1. The lowest BCUT2D eigenvalue weighted by Crippen LogP contribution is -2.50. The van der Waals surface area contributed by atoms with Crippen LogP contribution in [0.4, 0.5) is 24.8 Å². The molecule has 4 rings (SSSR count). The number of hydrogen-bond donors (Lipinski definition) is 1. The first kappa shape index (κ1) is 22.0. The first-order valence-corrected chi connectivity index (χ1v) is 10.4. The van der Waals surface area contributed by atoms with Gasteiger partial charge in [0.1, 0.15) is 0 Å². The van der Waals surface area contributed by atoms with E-state index in [4.69, 9.17) is 12.2 Å². The van der Waals surface area contributed by atoms with E-state index in [2.05, 4.69) is 20.4 Å². The van der Waals surface area contributed by atoms with Gasteiger partial charge in [-0.1, -0.05) is 17.7 Å². The van der Waals surface area contributed by atoms with E-state index in [9.17, 15) is 13.2 Å². The number of aromatic nitrogens is 4. The molecule has 1 aliphatic rings. The number of alkyl halides is 3. The Morgan fingerprint density at radius 2 is 1.75 bits per heavy atom. The Kier molecular flexibility index (Phi) is 6.00. The second-order valence-corrected chi connectivity index (χ2v) is 8.00. The van der Waals surface area contributed by atoms with E-state index in [1.807, 2.05) is 36.1 Å². The molecule has 0 amide bonds. The molecule has 0 bridgehead atoms. The summed E-state index contributed by atoms with van der Waals surface area (Å²) in [6.45, 7) is 3.99. The quantitative estimate of drug-likeness (QED) is 0.597. The number of anilines is 2. The number of aryl methyl sites for hydroxylation is 2.